The molecule has 1 aliphatic rings. The molecule has 2 heteroatoms. The molecule has 1 atom stereocenters. The minimum Gasteiger partial charge on any atom is -0.293 e. The summed E-state index contributed by atoms with van der Waals surface area (Å²) in [5.41, 5.74) is 2.14. The van der Waals surface area contributed by atoms with Crippen molar-refractivity contribution in [2.45, 2.75) is 37.9 Å². The van der Waals surface area contributed by atoms with E-state index in [2.05, 4.69) is 13.0 Å². The third-order valence-electron chi connectivity index (χ3n) is 3.14. The number of thioether (sulfide) groups is 1. The van der Waals surface area contributed by atoms with E-state index < -0.39 is 0 Å². The first-order valence-corrected chi connectivity index (χ1v) is 7.11. The van der Waals surface area contributed by atoms with Crippen molar-refractivity contribution in [3.63, 3.8) is 0 Å². The smallest absolute Gasteiger partial charge is 0.176 e. The van der Waals surface area contributed by atoms with E-state index in [9.17, 15) is 4.79 Å². The lowest BCUT2D eigenvalue weighted by Crippen LogP contribution is -2.22. The fraction of sp³-hybridized carbons (Fsp3) is 0.500. The van der Waals surface area contributed by atoms with E-state index >= 15 is 0 Å². The molecule has 1 fully saturated rings. The standard InChI is InChI=1S/C14H18OS/c1-2-11-7-3-4-8-12(11)14(15)13-9-5-6-10-16-13/h3-4,7-8,13H,2,5-6,9-10H2,1H3. The van der Waals surface area contributed by atoms with Gasteiger partial charge in [-0.25, -0.2) is 0 Å². The lowest BCUT2D eigenvalue weighted by molar-refractivity contribution is 0.0984. The highest BCUT2D eigenvalue weighted by atomic mass is 32.2. The molecule has 0 N–H and O–H groups in total. The van der Waals surface area contributed by atoms with Crippen LogP contribution in [0.25, 0.3) is 0 Å². The van der Waals surface area contributed by atoms with Gasteiger partial charge in [-0.1, -0.05) is 37.6 Å². The summed E-state index contributed by atoms with van der Waals surface area (Å²) >= 11 is 1.84. The van der Waals surface area contributed by atoms with E-state index in [-0.39, 0.29) is 5.25 Å². The molecule has 2 rings (SSSR count). The molecule has 1 aromatic carbocycles. The predicted octanol–water partition coefficient (Wildman–Crippen LogP) is 3.72. The molecule has 16 heavy (non-hydrogen) atoms. The summed E-state index contributed by atoms with van der Waals surface area (Å²) in [6.07, 6.45) is 4.47. The van der Waals surface area contributed by atoms with Gasteiger partial charge in [0.05, 0.1) is 5.25 Å². The maximum absolute atomic E-state index is 12.4. The molecular formula is C14H18OS. The highest BCUT2D eigenvalue weighted by Crippen LogP contribution is 2.28. The molecule has 0 spiro atoms. The zero-order valence-electron chi connectivity index (χ0n) is 9.74. The number of carbonyl (C=O) groups is 1. The summed E-state index contributed by atoms with van der Waals surface area (Å²) in [4.78, 5) is 12.4. The average Bonchev–Trinajstić information content (AvgIpc) is 2.39. The third-order valence-corrected chi connectivity index (χ3v) is 4.51. The van der Waals surface area contributed by atoms with Crippen molar-refractivity contribution in [2.24, 2.45) is 0 Å². The minimum atomic E-state index is 0.210. The normalized spacial score (nSPS) is 20.7. The molecule has 1 nitrogen and oxygen atoms in total. The number of benzene rings is 1. The number of carbonyl (C=O) groups excluding carboxylic acids is 1. The van der Waals surface area contributed by atoms with Crippen molar-refractivity contribution in [2.75, 3.05) is 5.75 Å². The van der Waals surface area contributed by atoms with Crippen LogP contribution in [0, 0.1) is 0 Å². The fourth-order valence-electron chi connectivity index (χ4n) is 2.19. The van der Waals surface area contributed by atoms with Crippen molar-refractivity contribution in [3.05, 3.63) is 35.4 Å². The summed E-state index contributed by atoms with van der Waals surface area (Å²) in [5, 5.41) is 0.210. The molecule has 0 aliphatic carbocycles. The van der Waals surface area contributed by atoms with Crippen molar-refractivity contribution in [3.8, 4) is 0 Å². The van der Waals surface area contributed by atoms with Gasteiger partial charge in [-0.2, -0.15) is 11.8 Å². The van der Waals surface area contributed by atoms with Gasteiger partial charge in [0.2, 0.25) is 0 Å². The number of ketones is 1. The van der Waals surface area contributed by atoms with Crippen molar-refractivity contribution in [1.82, 2.24) is 0 Å². The molecule has 0 amide bonds. The van der Waals surface area contributed by atoms with E-state index in [0.29, 0.717) is 5.78 Å². The quantitative estimate of drug-likeness (QED) is 0.741. The number of hydrogen-bond acceptors (Lipinski definition) is 2. The fourth-order valence-corrected chi connectivity index (χ4v) is 3.46. The van der Waals surface area contributed by atoms with Crippen LogP contribution in [0.5, 0.6) is 0 Å². The highest BCUT2D eigenvalue weighted by molar-refractivity contribution is 8.00. The van der Waals surface area contributed by atoms with Crippen LogP contribution in [0.3, 0.4) is 0 Å². The van der Waals surface area contributed by atoms with E-state index in [4.69, 9.17) is 0 Å². The first-order chi connectivity index (χ1) is 7.83. The van der Waals surface area contributed by atoms with Crippen molar-refractivity contribution >= 4 is 17.5 Å². The van der Waals surface area contributed by atoms with E-state index in [1.807, 2.05) is 30.0 Å². The Hall–Kier alpha value is -0.760. The van der Waals surface area contributed by atoms with Crippen LogP contribution >= 0.6 is 11.8 Å². The van der Waals surface area contributed by atoms with Crippen LogP contribution in [-0.4, -0.2) is 16.8 Å². The van der Waals surface area contributed by atoms with Crippen molar-refractivity contribution in [1.29, 1.82) is 0 Å². The maximum Gasteiger partial charge on any atom is 0.176 e. The van der Waals surface area contributed by atoms with Gasteiger partial charge in [0.1, 0.15) is 0 Å². The summed E-state index contributed by atoms with van der Waals surface area (Å²) in [6, 6.07) is 8.04. The number of Topliss-reactive ketones (excluding diaryl/α,β-unsaturated/α-hetero) is 1. The Kier molecular flexibility index (Phi) is 4.05. The Morgan fingerprint density at radius 2 is 2.19 bits per heavy atom. The van der Waals surface area contributed by atoms with E-state index in [0.717, 1.165) is 24.2 Å². The molecule has 1 aliphatic heterocycles. The summed E-state index contributed by atoms with van der Waals surface area (Å²) in [6.45, 7) is 2.11. The van der Waals surface area contributed by atoms with E-state index in [1.165, 1.54) is 18.4 Å². The Labute approximate surface area is 102 Å². The summed E-state index contributed by atoms with van der Waals surface area (Å²) in [5.74, 6) is 1.49. The van der Waals surface area contributed by atoms with Gasteiger partial charge < -0.3 is 0 Å². The Balaban J connectivity index is 2.19. The van der Waals surface area contributed by atoms with Gasteiger partial charge in [0.15, 0.2) is 5.78 Å². The Morgan fingerprint density at radius 3 is 2.88 bits per heavy atom. The highest BCUT2D eigenvalue weighted by Gasteiger charge is 2.23. The zero-order valence-corrected chi connectivity index (χ0v) is 10.6. The maximum atomic E-state index is 12.4. The lowest BCUT2D eigenvalue weighted by Gasteiger charge is -2.21. The molecular weight excluding hydrogens is 216 g/mol. The molecule has 1 heterocycles. The summed E-state index contributed by atoms with van der Waals surface area (Å²) in [7, 11) is 0. The van der Waals surface area contributed by atoms with Gasteiger partial charge in [-0.15, -0.1) is 0 Å². The largest absolute Gasteiger partial charge is 0.293 e. The zero-order chi connectivity index (χ0) is 11.4. The lowest BCUT2D eigenvalue weighted by atomic mass is 9.97. The van der Waals surface area contributed by atoms with Crippen LogP contribution < -0.4 is 0 Å². The Bertz CT molecular complexity index is 367. The molecule has 86 valence electrons. The molecule has 0 radical (unpaired) electrons. The first kappa shape index (κ1) is 11.7. The second kappa shape index (κ2) is 5.53. The van der Waals surface area contributed by atoms with Crippen LogP contribution in [0.1, 0.15) is 42.1 Å². The van der Waals surface area contributed by atoms with Gasteiger partial charge in [-0.3, -0.25) is 4.79 Å². The molecule has 0 saturated carbocycles. The topological polar surface area (TPSA) is 17.1 Å². The number of aryl methyl sites for hydroxylation is 1. The summed E-state index contributed by atoms with van der Waals surface area (Å²) < 4.78 is 0. The van der Waals surface area contributed by atoms with Gasteiger partial charge >= 0.3 is 0 Å². The SMILES string of the molecule is CCc1ccccc1C(=O)C1CCCCS1. The van der Waals surface area contributed by atoms with Gasteiger partial charge in [0.25, 0.3) is 0 Å². The number of rotatable bonds is 3. The third kappa shape index (κ3) is 2.49. The average molecular weight is 234 g/mol. The molecule has 0 bridgehead atoms. The van der Waals surface area contributed by atoms with Crippen molar-refractivity contribution < 1.29 is 4.79 Å². The molecule has 1 aromatic rings. The van der Waals surface area contributed by atoms with Crippen LogP contribution in [0.4, 0.5) is 0 Å². The van der Waals surface area contributed by atoms with Crippen LogP contribution in [0.2, 0.25) is 0 Å². The first-order valence-electron chi connectivity index (χ1n) is 6.06. The van der Waals surface area contributed by atoms with Gasteiger partial charge in [0, 0.05) is 5.56 Å². The second-order valence-electron chi connectivity index (χ2n) is 4.23. The molecule has 1 unspecified atom stereocenters. The second-order valence-corrected chi connectivity index (χ2v) is 5.54. The molecule has 1 saturated heterocycles. The minimum absolute atomic E-state index is 0.210. The van der Waals surface area contributed by atoms with Crippen LogP contribution in [-0.2, 0) is 6.42 Å². The number of hydrogen-bond donors (Lipinski definition) is 0. The Morgan fingerprint density at radius 1 is 1.38 bits per heavy atom. The predicted molar refractivity (Wildman–Crippen MR) is 70.2 cm³/mol. The molecule has 0 aromatic heterocycles. The van der Waals surface area contributed by atoms with Gasteiger partial charge in [-0.05, 0) is 30.6 Å². The monoisotopic (exact) mass is 234 g/mol. The van der Waals surface area contributed by atoms with Crippen LogP contribution in [0.15, 0.2) is 24.3 Å². The van der Waals surface area contributed by atoms with E-state index in [1.54, 1.807) is 0 Å².